The van der Waals surface area contributed by atoms with Crippen LogP contribution in [-0.2, 0) is 4.79 Å². The van der Waals surface area contributed by atoms with Gasteiger partial charge in [-0.2, -0.15) is 0 Å². The second-order valence-corrected chi connectivity index (χ2v) is 4.53. The fourth-order valence-corrected chi connectivity index (χ4v) is 2.60. The molecule has 1 atom stereocenters. The first-order chi connectivity index (χ1) is 8.77. The number of hydrogen-bond acceptors (Lipinski definition) is 3. The maximum atomic E-state index is 12.0. The summed E-state index contributed by atoms with van der Waals surface area (Å²) in [4.78, 5) is 14.0. The van der Waals surface area contributed by atoms with Crippen LogP contribution in [0.25, 0.3) is 0 Å². The maximum absolute atomic E-state index is 12.0. The van der Waals surface area contributed by atoms with Crippen molar-refractivity contribution in [3.05, 3.63) is 29.8 Å². The van der Waals surface area contributed by atoms with Crippen molar-refractivity contribution in [2.75, 3.05) is 20.2 Å². The van der Waals surface area contributed by atoms with Crippen molar-refractivity contribution >= 4 is 5.91 Å². The van der Waals surface area contributed by atoms with Crippen molar-refractivity contribution in [3.8, 4) is 5.75 Å². The van der Waals surface area contributed by atoms with Crippen LogP contribution in [0.4, 0.5) is 0 Å². The Kier molecular flexibility index (Phi) is 4.20. The molecule has 2 N–H and O–H groups in total. The summed E-state index contributed by atoms with van der Waals surface area (Å²) in [7, 11) is 1.67. The second-order valence-electron chi connectivity index (χ2n) is 4.53. The number of carbonyl (C=O) groups excluding carboxylic acids is 1. The van der Waals surface area contributed by atoms with Crippen LogP contribution in [0.15, 0.2) is 24.3 Å². The van der Waals surface area contributed by atoms with E-state index in [1.54, 1.807) is 7.11 Å². The van der Waals surface area contributed by atoms with Crippen LogP contribution in [0, 0.1) is 0 Å². The Bertz CT molecular complexity index is 420. The number of benzene rings is 1. The number of likely N-dealkylation sites (tertiary alicyclic amines) is 1. The molecule has 4 nitrogen and oxygen atoms in total. The SMILES string of the molecule is COc1ccccc1[C@H]1CCCN1C(=O)CCN. The minimum atomic E-state index is 0.139. The van der Waals surface area contributed by atoms with Gasteiger partial charge >= 0.3 is 0 Å². The number of ether oxygens (including phenoxy) is 1. The molecule has 1 amide bonds. The standard InChI is InChI=1S/C14H20N2O2/c1-18-13-7-3-2-5-11(13)12-6-4-10-16(12)14(17)8-9-15/h2-3,5,7,12H,4,6,8-10,15H2,1H3/t12-/m1/s1. The normalized spacial score (nSPS) is 19.0. The van der Waals surface area contributed by atoms with E-state index in [4.69, 9.17) is 10.5 Å². The van der Waals surface area contributed by atoms with E-state index in [1.165, 1.54) is 0 Å². The molecule has 1 heterocycles. The van der Waals surface area contributed by atoms with Crippen LogP contribution in [-0.4, -0.2) is 31.0 Å². The number of amides is 1. The molecular weight excluding hydrogens is 228 g/mol. The molecule has 0 radical (unpaired) electrons. The summed E-state index contributed by atoms with van der Waals surface area (Å²) in [6, 6.07) is 8.06. The number of rotatable bonds is 4. The minimum absolute atomic E-state index is 0.139. The molecule has 4 heteroatoms. The van der Waals surface area contributed by atoms with Crippen molar-refractivity contribution in [2.45, 2.75) is 25.3 Å². The highest BCUT2D eigenvalue weighted by Gasteiger charge is 2.30. The molecule has 0 aliphatic carbocycles. The van der Waals surface area contributed by atoms with Crippen LogP contribution in [0.2, 0.25) is 0 Å². The third-order valence-corrected chi connectivity index (χ3v) is 3.43. The van der Waals surface area contributed by atoms with Gasteiger partial charge in [-0.05, 0) is 18.9 Å². The van der Waals surface area contributed by atoms with Gasteiger partial charge in [0.05, 0.1) is 13.2 Å². The highest BCUT2D eigenvalue weighted by atomic mass is 16.5. The predicted octanol–water partition coefficient (Wildman–Crippen LogP) is 1.71. The molecule has 0 spiro atoms. The lowest BCUT2D eigenvalue weighted by molar-refractivity contribution is -0.131. The third-order valence-electron chi connectivity index (χ3n) is 3.43. The van der Waals surface area contributed by atoms with E-state index in [0.29, 0.717) is 13.0 Å². The van der Waals surface area contributed by atoms with Crippen LogP contribution < -0.4 is 10.5 Å². The molecule has 98 valence electrons. The van der Waals surface area contributed by atoms with E-state index in [-0.39, 0.29) is 11.9 Å². The number of methoxy groups -OCH3 is 1. The average Bonchev–Trinajstić information content (AvgIpc) is 2.88. The molecule has 1 saturated heterocycles. The fraction of sp³-hybridized carbons (Fsp3) is 0.500. The van der Waals surface area contributed by atoms with Gasteiger partial charge in [0.25, 0.3) is 0 Å². The molecule has 18 heavy (non-hydrogen) atoms. The van der Waals surface area contributed by atoms with Crippen LogP contribution >= 0.6 is 0 Å². The first-order valence-electron chi connectivity index (χ1n) is 6.40. The third kappa shape index (κ3) is 2.48. The largest absolute Gasteiger partial charge is 0.496 e. The van der Waals surface area contributed by atoms with Gasteiger partial charge < -0.3 is 15.4 Å². The summed E-state index contributed by atoms with van der Waals surface area (Å²) in [6.45, 7) is 1.23. The molecular formula is C14H20N2O2. The zero-order chi connectivity index (χ0) is 13.0. The Hall–Kier alpha value is -1.55. The summed E-state index contributed by atoms with van der Waals surface area (Å²) in [5.41, 5.74) is 6.56. The number of nitrogens with two attached hydrogens (primary N) is 1. The van der Waals surface area contributed by atoms with E-state index >= 15 is 0 Å². The molecule has 0 bridgehead atoms. The smallest absolute Gasteiger partial charge is 0.224 e. The van der Waals surface area contributed by atoms with E-state index in [2.05, 4.69) is 0 Å². The number of nitrogens with zero attached hydrogens (tertiary/aromatic N) is 1. The molecule has 0 aromatic heterocycles. The van der Waals surface area contributed by atoms with Crippen molar-refractivity contribution in [1.82, 2.24) is 4.90 Å². The molecule has 0 unspecified atom stereocenters. The van der Waals surface area contributed by atoms with E-state index in [9.17, 15) is 4.79 Å². The van der Waals surface area contributed by atoms with E-state index in [0.717, 1.165) is 30.7 Å². The monoisotopic (exact) mass is 248 g/mol. The number of carbonyl (C=O) groups is 1. The van der Waals surface area contributed by atoms with Crippen LogP contribution in [0.3, 0.4) is 0 Å². The Balaban J connectivity index is 2.23. The van der Waals surface area contributed by atoms with Crippen molar-refractivity contribution in [1.29, 1.82) is 0 Å². The highest BCUT2D eigenvalue weighted by Crippen LogP contribution is 2.36. The molecule has 0 saturated carbocycles. The fourth-order valence-electron chi connectivity index (χ4n) is 2.60. The minimum Gasteiger partial charge on any atom is -0.496 e. The first-order valence-corrected chi connectivity index (χ1v) is 6.40. The van der Waals surface area contributed by atoms with Gasteiger partial charge in [-0.15, -0.1) is 0 Å². The molecule has 1 aromatic rings. The Morgan fingerprint density at radius 2 is 2.28 bits per heavy atom. The lowest BCUT2D eigenvalue weighted by Gasteiger charge is -2.26. The van der Waals surface area contributed by atoms with E-state index in [1.807, 2.05) is 29.2 Å². The van der Waals surface area contributed by atoms with Gasteiger partial charge in [-0.1, -0.05) is 18.2 Å². The van der Waals surface area contributed by atoms with Crippen LogP contribution in [0.1, 0.15) is 30.9 Å². The highest BCUT2D eigenvalue weighted by molar-refractivity contribution is 5.77. The molecule has 1 aliphatic heterocycles. The van der Waals surface area contributed by atoms with Gasteiger partial charge in [0, 0.05) is 25.1 Å². The van der Waals surface area contributed by atoms with E-state index < -0.39 is 0 Å². The van der Waals surface area contributed by atoms with Crippen LogP contribution in [0.5, 0.6) is 5.75 Å². The Labute approximate surface area is 108 Å². The molecule has 1 aliphatic rings. The number of para-hydroxylation sites is 1. The Morgan fingerprint density at radius 3 is 3.00 bits per heavy atom. The summed E-state index contributed by atoms with van der Waals surface area (Å²) < 4.78 is 5.38. The number of hydrogen-bond donors (Lipinski definition) is 1. The van der Waals surface area contributed by atoms with Gasteiger partial charge in [0.15, 0.2) is 0 Å². The lowest BCUT2D eigenvalue weighted by Crippen LogP contribution is -2.32. The van der Waals surface area contributed by atoms with Crippen molar-refractivity contribution in [3.63, 3.8) is 0 Å². The van der Waals surface area contributed by atoms with Gasteiger partial charge in [-0.25, -0.2) is 0 Å². The predicted molar refractivity (Wildman–Crippen MR) is 70.4 cm³/mol. The molecule has 1 fully saturated rings. The molecule has 1 aromatic carbocycles. The topological polar surface area (TPSA) is 55.6 Å². The van der Waals surface area contributed by atoms with Crippen molar-refractivity contribution in [2.24, 2.45) is 5.73 Å². The Morgan fingerprint density at radius 1 is 1.50 bits per heavy atom. The van der Waals surface area contributed by atoms with Gasteiger partial charge in [0.1, 0.15) is 5.75 Å². The maximum Gasteiger partial charge on any atom is 0.224 e. The molecule has 2 rings (SSSR count). The van der Waals surface area contributed by atoms with Gasteiger partial charge in [-0.3, -0.25) is 4.79 Å². The summed E-state index contributed by atoms with van der Waals surface area (Å²) >= 11 is 0. The summed E-state index contributed by atoms with van der Waals surface area (Å²) in [5, 5.41) is 0. The van der Waals surface area contributed by atoms with Crippen molar-refractivity contribution < 1.29 is 9.53 Å². The first kappa shape index (κ1) is 12.9. The second kappa shape index (κ2) is 5.87. The zero-order valence-corrected chi connectivity index (χ0v) is 10.8. The quantitative estimate of drug-likeness (QED) is 0.882. The zero-order valence-electron chi connectivity index (χ0n) is 10.8. The summed E-state index contributed by atoms with van der Waals surface area (Å²) in [6.07, 6.45) is 2.46. The summed E-state index contributed by atoms with van der Waals surface area (Å²) in [5.74, 6) is 1.00. The average molecular weight is 248 g/mol. The van der Waals surface area contributed by atoms with Gasteiger partial charge in [0.2, 0.25) is 5.91 Å². The lowest BCUT2D eigenvalue weighted by atomic mass is 10.0.